The molecule has 0 heterocycles. The Kier molecular flexibility index (Phi) is 4.68. The summed E-state index contributed by atoms with van der Waals surface area (Å²) >= 11 is 0. The molecule has 0 rings (SSSR count). The van der Waals surface area contributed by atoms with Crippen LogP contribution in [0.3, 0.4) is 0 Å². The molecular formula is C7H17NO2S. The van der Waals surface area contributed by atoms with E-state index in [1.165, 1.54) is 4.31 Å². The van der Waals surface area contributed by atoms with Crippen LogP contribution in [0.5, 0.6) is 0 Å². The van der Waals surface area contributed by atoms with Crippen LogP contribution in [0.4, 0.5) is 0 Å². The summed E-state index contributed by atoms with van der Waals surface area (Å²) in [6.45, 7) is 2.06. The van der Waals surface area contributed by atoms with E-state index in [1.807, 2.05) is 0 Å². The minimum atomic E-state index is -2.94. The standard InChI is InChI=1S/C7H17NO2S/c1-4-5-6-7-11(9,10)8(2)3/h4-7H2,1-3H3. The Morgan fingerprint density at radius 1 is 1.18 bits per heavy atom. The zero-order valence-corrected chi connectivity index (χ0v) is 8.32. The van der Waals surface area contributed by atoms with Gasteiger partial charge in [-0.3, -0.25) is 0 Å². The summed E-state index contributed by atoms with van der Waals surface area (Å²) in [5.74, 6) is 0.286. The fraction of sp³-hybridized carbons (Fsp3) is 1.00. The molecule has 0 amide bonds. The van der Waals surface area contributed by atoms with Crippen molar-refractivity contribution in [3.63, 3.8) is 0 Å². The van der Waals surface area contributed by atoms with Crippen molar-refractivity contribution in [1.29, 1.82) is 0 Å². The van der Waals surface area contributed by atoms with E-state index in [2.05, 4.69) is 6.92 Å². The Balaban J connectivity index is 3.75. The normalized spacial score (nSPS) is 12.4. The van der Waals surface area contributed by atoms with Gasteiger partial charge in [0.1, 0.15) is 0 Å². The Morgan fingerprint density at radius 2 is 1.73 bits per heavy atom. The molecule has 0 aromatic rings. The number of hydrogen-bond donors (Lipinski definition) is 0. The molecule has 0 fully saturated rings. The monoisotopic (exact) mass is 179 g/mol. The van der Waals surface area contributed by atoms with Gasteiger partial charge in [-0.05, 0) is 6.42 Å². The van der Waals surface area contributed by atoms with Gasteiger partial charge in [-0.1, -0.05) is 19.8 Å². The second kappa shape index (κ2) is 4.72. The lowest BCUT2D eigenvalue weighted by molar-refractivity contribution is 0.517. The molecule has 0 spiro atoms. The van der Waals surface area contributed by atoms with Crippen molar-refractivity contribution >= 4 is 10.0 Å². The Hall–Kier alpha value is -0.0900. The molecule has 0 aliphatic heterocycles. The predicted molar refractivity (Wildman–Crippen MR) is 47.0 cm³/mol. The third-order valence-corrected chi connectivity index (χ3v) is 3.48. The molecule has 0 aliphatic rings. The van der Waals surface area contributed by atoms with E-state index in [0.29, 0.717) is 0 Å². The van der Waals surface area contributed by atoms with Crippen molar-refractivity contribution in [3.05, 3.63) is 0 Å². The van der Waals surface area contributed by atoms with Gasteiger partial charge in [0.25, 0.3) is 0 Å². The first kappa shape index (κ1) is 10.9. The summed E-state index contributed by atoms with van der Waals surface area (Å²) in [7, 11) is 0.204. The van der Waals surface area contributed by atoms with E-state index in [0.717, 1.165) is 19.3 Å². The molecule has 0 N–H and O–H groups in total. The molecule has 0 saturated carbocycles. The van der Waals surface area contributed by atoms with E-state index in [-0.39, 0.29) is 5.75 Å². The smallest absolute Gasteiger partial charge is 0.212 e. The molecule has 4 heteroatoms. The minimum Gasteiger partial charge on any atom is -0.212 e. The molecule has 68 valence electrons. The number of hydrogen-bond acceptors (Lipinski definition) is 2. The molecular weight excluding hydrogens is 162 g/mol. The van der Waals surface area contributed by atoms with Crippen LogP contribution in [-0.4, -0.2) is 32.6 Å². The van der Waals surface area contributed by atoms with E-state index < -0.39 is 10.0 Å². The molecule has 0 saturated heterocycles. The maximum absolute atomic E-state index is 11.1. The zero-order valence-electron chi connectivity index (χ0n) is 7.50. The van der Waals surface area contributed by atoms with Crippen molar-refractivity contribution in [2.75, 3.05) is 19.8 Å². The summed E-state index contributed by atoms with van der Waals surface area (Å²) in [5.41, 5.74) is 0. The first-order valence-electron chi connectivity index (χ1n) is 3.91. The maximum Gasteiger partial charge on any atom is 0.213 e. The number of rotatable bonds is 5. The van der Waals surface area contributed by atoms with E-state index in [1.54, 1.807) is 14.1 Å². The molecule has 0 radical (unpaired) electrons. The summed E-state index contributed by atoms with van der Waals surface area (Å²) < 4.78 is 23.5. The molecule has 11 heavy (non-hydrogen) atoms. The first-order chi connectivity index (χ1) is 5.00. The Bertz CT molecular complexity index is 185. The maximum atomic E-state index is 11.1. The second-order valence-corrected chi connectivity index (χ2v) is 5.11. The van der Waals surface area contributed by atoms with Crippen LogP contribution in [0, 0.1) is 0 Å². The van der Waals surface area contributed by atoms with Gasteiger partial charge in [0.15, 0.2) is 0 Å². The lowest BCUT2D eigenvalue weighted by atomic mass is 10.3. The highest BCUT2D eigenvalue weighted by Crippen LogP contribution is 2.01. The number of sulfonamides is 1. The van der Waals surface area contributed by atoms with Crippen molar-refractivity contribution < 1.29 is 8.42 Å². The van der Waals surface area contributed by atoms with E-state index in [4.69, 9.17) is 0 Å². The van der Waals surface area contributed by atoms with Crippen LogP contribution < -0.4 is 0 Å². The van der Waals surface area contributed by atoms with Gasteiger partial charge in [0.2, 0.25) is 10.0 Å². The molecule has 0 atom stereocenters. The van der Waals surface area contributed by atoms with Crippen molar-refractivity contribution in [3.8, 4) is 0 Å². The van der Waals surface area contributed by atoms with Crippen LogP contribution in [0.15, 0.2) is 0 Å². The van der Waals surface area contributed by atoms with Gasteiger partial charge in [0, 0.05) is 14.1 Å². The highest BCUT2D eigenvalue weighted by molar-refractivity contribution is 7.89. The number of unbranched alkanes of at least 4 members (excludes halogenated alkanes) is 2. The molecule has 0 aromatic carbocycles. The Labute approximate surface area is 69.4 Å². The average Bonchev–Trinajstić information content (AvgIpc) is 1.88. The van der Waals surface area contributed by atoms with Crippen LogP contribution in [0.2, 0.25) is 0 Å². The molecule has 3 nitrogen and oxygen atoms in total. The van der Waals surface area contributed by atoms with Crippen molar-refractivity contribution in [1.82, 2.24) is 4.31 Å². The van der Waals surface area contributed by atoms with Crippen LogP contribution >= 0.6 is 0 Å². The summed E-state index contributed by atoms with van der Waals surface area (Å²) in [4.78, 5) is 0. The van der Waals surface area contributed by atoms with Gasteiger partial charge in [0.05, 0.1) is 5.75 Å². The summed E-state index contributed by atoms with van der Waals surface area (Å²) in [5, 5.41) is 0. The SMILES string of the molecule is CCCCCS(=O)(=O)N(C)C. The van der Waals surface area contributed by atoms with Gasteiger partial charge in [-0.15, -0.1) is 0 Å². The van der Waals surface area contributed by atoms with Crippen molar-refractivity contribution in [2.45, 2.75) is 26.2 Å². The molecule has 0 bridgehead atoms. The predicted octanol–water partition coefficient (Wildman–Crippen LogP) is 1.07. The van der Waals surface area contributed by atoms with Crippen LogP contribution in [0.25, 0.3) is 0 Å². The lowest BCUT2D eigenvalue weighted by Crippen LogP contribution is -2.24. The second-order valence-electron chi connectivity index (χ2n) is 2.81. The quantitative estimate of drug-likeness (QED) is 0.592. The van der Waals surface area contributed by atoms with Gasteiger partial charge < -0.3 is 0 Å². The first-order valence-corrected chi connectivity index (χ1v) is 5.52. The molecule has 0 unspecified atom stereocenters. The van der Waals surface area contributed by atoms with Crippen LogP contribution in [-0.2, 0) is 10.0 Å². The third kappa shape index (κ3) is 4.37. The highest BCUT2D eigenvalue weighted by atomic mass is 32.2. The zero-order chi connectivity index (χ0) is 8.91. The van der Waals surface area contributed by atoms with Gasteiger partial charge in [-0.25, -0.2) is 12.7 Å². The third-order valence-electron chi connectivity index (χ3n) is 1.56. The Morgan fingerprint density at radius 3 is 2.09 bits per heavy atom. The van der Waals surface area contributed by atoms with Crippen LogP contribution in [0.1, 0.15) is 26.2 Å². The number of nitrogens with zero attached hydrogens (tertiary/aromatic N) is 1. The van der Waals surface area contributed by atoms with Gasteiger partial charge >= 0.3 is 0 Å². The lowest BCUT2D eigenvalue weighted by Gasteiger charge is -2.09. The summed E-state index contributed by atoms with van der Waals surface area (Å²) in [6, 6.07) is 0. The topological polar surface area (TPSA) is 37.4 Å². The largest absolute Gasteiger partial charge is 0.213 e. The summed E-state index contributed by atoms with van der Waals surface area (Å²) in [6.07, 6.45) is 2.83. The average molecular weight is 179 g/mol. The van der Waals surface area contributed by atoms with E-state index >= 15 is 0 Å². The minimum absolute atomic E-state index is 0.286. The fourth-order valence-electron chi connectivity index (χ4n) is 0.717. The van der Waals surface area contributed by atoms with Crippen molar-refractivity contribution in [2.24, 2.45) is 0 Å². The molecule has 0 aliphatic carbocycles. The fourth-order valence-corrected chi connectivity index (χ4v) is 1.65. The van der Waals surface area contributed by atoms with E-state index in [9.17, 15) is 8.42 Å². The highest BCUT2D eigenvalue weighted by Gasteiger charge is 2.11. The molecule has 0 aromatic heterocycles. The van der Waals surface area contributed by atoms with Gasteiger partial charge in [-0.2, -0.15) is 0 Å².